The Hall–Kier alpha value is -2.63. The number of esters is 1. The molecule has 1 aliphatic rings. The molecule has 1 aliphatic heterocycles. The number of nitrogens with zero attached hydrogens (tertiary/aromatic N) is 2. The number of ketones is 1. The second kappa shape index (κ2) is 8.86. The van der Waals surface area contributed by atoms with Crippen molar-refractivity contribution in [1.82, 2.24) is 0 Å². The highest BCUT2D eigenvalue weighted by atomic mass is 16.5. The predicted molar refractivity (Wildman–Crippen MR) is 93.3 cm³/mol. The lowest BCUT2D eigenvalue weighted by atomic mass is 10.0. The van der Waals surface area contributed by atoms with Crippen molar-refractivity contribution in [2.45, 2.75) is 32.6 Å². The maximum Gasteiger partial charge on any atom is 0.375 e. The van der Waals surface area contributed by atoms with E-state index in [-0.39, 0.29) is 12.4 Å². The Kier molecular flexibility index (Phi) is 6.54. The highest BCUT2D eigenvalue weighted by Crippen LogP contribution is 2.19. The lowest BCUT2D eigenvalue weighted by Gasteiger charge is -2.22. The second-order valence-electron chi connectivity index (χ2n) is 5.59. The van der Waals surface area contributed by atoms with Crippen molar-refractivity contribution in [3.05, 3.63) is 42.6 Å². The zero-order valence-electron chi connectivity index (χ0n) is 13.9. The van der Waals surface area contributed by atoms with Gasteiger partial charge in [0.15, 0.2) is 0 Å². The molecule has 1 aromatic carbocycles. The van der Waals surface area contributed by atoms with E-state index in [1.54, 1.807) is 17.3 Å². The number of rotatable bonds is 8. The number of unbranched alkanes of at least 4 members (excludes halogenated alkanes) is 3. The van der Waals surface area contributed by atoms with Crippen LogP contribution in [0.3, 0.4) is 0 Å². The number of amidine groups is 1. The summed E-state index contributed by atoms with van der Waals surface area (Å²) in [5, 5.41) is 5.74. The molecule has 6 heteroatoms. The Morgan fingerprint density at radius 2 is 1.96 bits per heavy atom. The minimum atomic E-state index is -0.867. The van der Waals surface area contributed by atoms with Crippen LogP contribution >= 0.6 is 0 Å². The number of carbonyl (C=O) groups excluding carboxylic acids is 2. The van der Waals surface area contributed by atoms with E-state index in [1.807, 2.05) is 30.3 Å². The number of hydrogen-bond donors (Lipinski definition) is 1. The van der Waals surface area contributed by atoms with E-state index in [2.05, 4.69) is 12.0 Å². The minimum Gasteiger partial charge on any atom is -0.460 e. The van der Waals surface area contributed by atoms with Gasteiger partial charge < -0.3 is 10.5 Å². The molecule has 1 aromatic rings. The average molecular weight is 329 g/mol. The predicted octanol–water partition coefficient (Wildman–Crippen LogP) is 2.60. The molecule has 0 spiro atoms. The lowest BCUT2D eigenvalue weighted by Crippen LogP contribution is -2.38. The van der Waals surface area contributed by atoms with Crippen molar-refractivity contribution in [3.8, 4) is 0 Å². The molecule has 1 unspecified atom stereocenters. The van der Waals surface area contributed by atoms with Gasteiger partial charge in [-0.2, -0.15) is 5.10 Å². The Labute approximate surface area is 142 Å². The smallest absolute Gasteiger partial charge is 0.375 e. The fourth-order valence-electron chi connectivity index (χ4n) is 2.32. The number of Topliss-reactive ketones (excluding diaryl/α,β-unsaturated/α-hetero) is 1. The monoisotopic (exact) mass is 329 g/mol. The number of carbonyl (C=O) groups is 2. The third kappa shape index (κ3) is 4.68. The summed E-state index contributed by atoms with van der Waals surface area (Å²) in [6.07, 6.45) is 7.13. The molecule has 1 atom stereocenters. The first kappa shape index (κ1) is 17.7. The molecule has 0 radical (unpaired) electrons. The zero-order valence-corrected chi connectivity index (χ0v) is 13.9. The number of nitrogens with two attached hydrogens (primary N) is 1. The highest BCUT2D eigenvalue weighted by molar-refractivity contribution is 6.39. The molecule has 0 fully saturated rings. The molecule has 0 amide bonds. The van der Waals surface area contributed by atoms with E-state index in [0.29, 0.717) is 0 Å². The lowest BCUT2D eigenvalue weighted by molar-refractivity contribution is -0.154. The van der Waals surface area contributed by atoms with Crippen LogP contribution in [-0.2, 0) is 14.3 Å². The number of ether oxygens (including phenoxy) is 1. The summed E-state index contributed by atoms with van der Waals surface area (Å²) in [7, 11) is 0. The fraction of sp³-hybridized carbons (Fsp3) is 0.389. The number of benzene rings is 1. The van der Waals surface area contributed by atoms with Crippen LogP contribution in [-0.4, -0.2) is 24.2 Å². The third-order valence-electron chi connectivity index (χ3n) is 3.70. The maximum absolute atomic E-state index is 12.2. The summed E-state index contributed by atoms with van der Waals surface area (Å²) >= 11 is 0. The van der Waals surface area contributed by atoms with Gasteiger partial charge in [-0.1, -0.05) is 44.4 Å². The van der Waals surface area contributed by atoms with Gasteiger partial charge in [0.25, 0.3) is 5.78 Å². The molecule has 0 aliphatic carbocycles. The number of para-hydroxylation sites is 1. The molecule has 0 saturated carbocycles. The van der Waals surface area contributed by atoms with Gasteiger partial charge in [0.2, 0.25) is 0 Å². The van der Waals surface area contributed by atoms with Crippen LogP contribution in [0.15, 0.2) is 47.7 Å². The first-order chi connectivity index (χ1) is 11.6. The van der Waals surface area contributed by atoms with Gasteiger partial charge in [-0.25, -0.2) is 9.80 Å². The second-order valence-corrected chi connectivity index (χ2v) is 5.59. The molecule has 0 bridgehead atoms. The van der Waals surface area contributed by atoms with Crippen LogP contribution in [0.2, 0.25) is 0 Å². The topological polar surface area (TPSA) is 85.0 Å². The SMILES string of the molecule is CCCCCCOC(=O)C(=O)C1C=CN(c2ccccc2)N=C1N. The molecular formula is C18H23N3O3. The van der Waals surface area contributed by atoms with E-state index in [0.717, 1.165) is 31.4 Å². The third-order valence-corrected chi connectivity index (χ3v) is 3.70. The van der Waals surface area contributed by atoms with Gasteiger partial charge >= 0.3 is 5.97 Å². The summed E-state index contributed by atoms with van der Waals surface area (Å²) in [5.74, 6) is -2.33. The van der Waals surface area contributed by atoms with Crippen LogP contribution in [0.1, 0.15) is 32.6 Å². The maximum atomic E-state index is 12.2. The quantitative estimate of drug-likeness (QED) is 0.450. The van der Waals surface area contributed by atoms with Crippen LogP contribution in [0, 0.1) is 5.92 Å². The van der Waals surface area contributed by atoms with Gasteiger partial charge in [0.1, 0.15) is 11.8 Å². The first-order valence-corrected chi connectivity index (χ1v) is 8.21. The molecule has 2 N–H and O–H groups in total. The van der Waals surface area contributed by atoms with Crippen molar-refractivity contribution >= 4 is 23.3 Å². The van der Waals surface area contributed by atoms with E-state index >= 15 is 0 Å². The van der Waals surface area contributed by atoms with Crippen LogP contribution in [0.4, 0.5) is 5.69 Å². The Morgan fingerprint density at radius 1 is 1.21 bits per heavy atom. The summed E-state index contributed by atoms with van der Waals surface area (Å²) in [4.78, 5) is 24.0. The van der Waals surface area contributed by atoms with E-state index in [1.165, 1.54) is 0 Å². The largest absolute Gasteiger partial charge is 0.460 e. The molecular weight excluding hydrogens is 306 g/mol. The number of anilines is 1. The first-order valence-electron chi connectivity index (χ1n) is 8.21. The van der Waals surface area contributed by atoms with Gasteiger partial charge in [-0.05, 0) is 24.6 Å². The number of hydrogen-bond acceptors (Lipinski definition) is 6. The van der Waals surface area contributed by atoms with Crippen LogP contribution in [0.25, 0.3) is 0 Å². The van der Waals surface area contributed by atoms with Gasteiger partial charge in [0.05, 0.1) is 12.3 Å². The molecule has 0 aromatic heterocycles. The Morgan fingerprint density at radius 3 is 2.62 bits per heavy atom. The molecule has 2 rings (SSSR count). The Balaban J connectivity index is 1.90. The van der Waals surface area contributed by atoms with E-state index in [4.69, 9.17) is 10.5 Å². The van der Waals surface area contributed by atoms with Crippen LogP contribution < -0.4 is 10.7 Å². The molecule has 0 saturated heterocycles. The molecule has 6 nitrogen and oxygen atoms in total. The summed E-state index contributed by atoms with van der Waals surface area (Å²) in [6, 6.07) is 9.39. The minimum absolute atomic E-state index is 0.0780. The summed E-state index contributed by atoms with van der Waals surface area (Å²) in [5.41, 5.74) is 6.69. The van der Waals surface area contributed by atoms with Crippen molar-refractivity contribution in [1.29, 1.82) is 0 Å². The van der Waals surface area contributed by atoms with E-state index < -0.39 is 17.7 Å². The normalized spacial score (nSPS) is 16.6. The van der Waals surface area contributed by atoms with Crippen molar-refractivity contribution in [3.63, 3.8) is 0 Å². The van der Waals surface area contributed by atoms with Gasteiger partial charge in [0, 0.05) is 6.20 Å². The van der Waals surface area contributed by atoms with Crippen molar-refractivity contribution in [2.75, 3.05) is 11.6 Å². The molecule has 1 heterocycles. The zero-order chi connectivity index (χ0) is 17.4. The van der Waals surface area contributed by atoms with E-state index in [9.17, 15) is 9.59 Å². The number of hydrazone groups is 1. The van der Waals surface area contributed by atoms with Crippen LogP contribution in [0.5, 0.6) is 0 Å². The highest BCUT2D eigenvalue weighted by Gasteiger charge is 2.30. The summed E-state index contributed by atoms with van der Waals surface area (Å²) in [6.45, 7) is 2.36. The molecule has 128 valence electrons. The summed E-state index contributed by atoms with van der Waals surface area (Å²) < 4.78 is 5.02. The average Bonchev–Trinajstić information content (AvgIpc) is 2.61. The standard InChI is InChI=1S/C18H23N3O3/c1-2-3-4-8-13-24-18(23)16(22)15-11-12-21(20-17(15)19)14-9-6-5-7-10-14/h5-7,9-12,15H,2-4,8,13H2,1H3,(H2,19,20). The Bertz CT molecular complexity index is 626. The van der Waals surface area contributed by atoms with Crippen molar-refractivity contribution in [2.24, 2.45) is 16.8 Å². The van der Waals surface area contributed by atoms with Crippen molar-refractivity contribution < 1.29 is 14.3 Å². The molecule has 24 heavy (non-hydrogen) atoms. The fourth-order valence-corrected chi connectivity index (χ4v) is 2.32. The van der Waals surface area contributed by atoms with Gasteiger partial charge in [-0.3, -0.25) is 4.79 Å². The van der Waals surface area contributed by atoms with Gasteiger partial charge in [-0.15, -0.1) is 0 Å².